The summed E-state index contributed by atoms with van der Waals surface area (Å²) in [6.07, 6.45) is 8.53. The maximum Gasteiger partial charge on any atom is -0.0206 e. The molecular weight excluding hydrogens is 144 g/mol. The lowest BCUT2D eigenvalue weighted by molar-refractivity contribution is 0.946. The van der Waals surface area contributed by atoms with Gasteiger partial charge in [-0.1, -0.05) is 30.4 Å². The van der Waals surface area contributed by atoms with Crippen LogP contribution in [0, 0.1) is 0 Å². The first-order valence-corrected chi connectivity index (χ1v) is 4.38. The Hall–Kier alpha value is -1.00. The van der Waals surface area contributed by atoms with Crippen molar-refractivity contribution in [3.63, 3.8) is 0 Å². The molecule has 0 atom stereocenters. The molecule has 0 amide bonds. The van der Waals surface area contributed by atoms with Gasteiger partial charge in [0.2, 0.25) is 0 Å². The van der Waals surface area contributed by atoms with Crippen molar-refractivity contribution in [2.45, 2.75) is 33.6 Å². The third-order valence-electron chi connectivity index (χ3n) is 1.84. The molecule has 0 aliphatic rings. The molecule has 0 aromatic rings. The van der Waals surface area contributed by atoms with Crippen LogP contribution in [-0.4, -0.2) is 0 Å². The van der Waals surface area contributed by atoms with Crippen LogP contribution >= 0.6 is 0 Å². The van der Waals surface area contributed by atoms with E-state index in [2.05, 4.69) is 44.4 Å². The van der Waals surface area contributed by atoms with Crippen LogP contribution in [0.1, 0.15) is 33.6 Å². The van der Waals surface area contributed by atoms with Crippen molar-refractivity contribution >= 4 is 0 Å². The molecule has 0 unspecified atom stereocenters. The Labute approximate surface area is 76.0 Å². The average Bonchev–Trinajstić information content (AvgIpc) is 2.11. The molecule has 0 spiro atoms. The first-order valence-electron chi connectivity index (χ1n) is 4.38. The van der Waals surface area contributed by atoms with E-state index in [0.29, 0.717) is 0 Å². The van der Waals surface area contributed by atoms with Gasteiger partial charge in [-0.2, -0.15) is 0 Å². The van der Waals surface area contributed by atoms with Crippen molar-refractivity contribution in [3.05, 3.63) is 41.7 Å². The molecule has 0 fully saturated rings. The zero-order chi connectivity index (χ0) is 9.40. The van der Waals surface area contributed by atoms with Crippen LogP contribution in [0.25, 0.3) is 0 Å². The third kappa shape index (κ3) is 4.76. The van der Waals surface area contributed by atoms with E-state index >= 15 is 0 Å². The standard InChI is InChI=1S/C12H18/c1-5-8-12(7-3)10-9-11(4)6-2/h5,7-8H,2,9-10H2,1,3-4H3. The van der Waals surface area contributed by atoms with Gasteiger partial charge in [-0.3, -0.25) is 0 Å². The molecule has 0 saturated heterocycles. The second-order valence-electron chi connectivity index (χ2n) is 2.82. The van der Waals surface area contributed by atoms with Crippen molar-refractivity contribution in [2.75, 3.05) is 0 Å². The van der Waals surface area contributed by atoms with E-state index in [4.69, 9.17) is 0 Å². The summed E-state index contributed by atoms with van der Waals surface area (Å²) in [5.74, 6) is 0. The van der Waals surface area contributed by atoms with E-state index in [1.54, 1.807) is 0 Å². The van der Waals surface area contributed by atoms with Crippen molar-refractivity contribution in [1.82, 2.24) is 0 Å². The summed E-state index contributed by atoms with van der Waals surface area (Å²) in [6, 6.07) is 0. The van der Waals surface area contributed by atoms with Crippen LogP contribution in [0.3, 0.4) is 0 Å². The zero-order valence-electron chi connectivity index (χ0n) is 8.35. The van der Waals surface area contributed by atoms with Gasteiger partial charge in [0.05, 0.1) is 0 Å². The van der Waals surface area contributed by atoms with Crippen molar-refractivity contribution in [2.24, 2.45) is 0 Å². The van der Waals surface area contributed by atoms with E-state index < -0.39 is 0 Å². The van der Waals surface area contributed by atoms with E-state index in [-0.39, 0.29) is 0 Å². The fourth-order valence-electron chi connectivity index (χ4n) is 0.958. The second-order valence-corrected chi connectivity index (χ2v) is 2.82. The quantitative estimate of drug-likeness (QED) is 0.432. The molecule has 0 bridgehead atoms. The summed E-state index contributed by atoms with van der Waals surface area (Å²) >= 11 is 0. The Balaban J connectivity index is 3.99. The van der Waals surface area contributed by atoms with Crippen LogP contribution < -0.4 is 0 Å². The molecule has 0 rings (SSSR count). The molecule has 0 aromatic carbocycles. The first kappa shape index (κ1) is 11.0. The molecule has 0 nitrogen and oxygen atoms in total. The number of hydrogen-bond acceptors (Lipinski definition) is 0. The second kappa shape index (κ2) is 6.69. The Bertz CT molecular complexity index is 222. The molecule has 66 valence electrons. The number of allylic oxidation sites excluding steroid dienone is 5. The Morgan fingerprint density at radius 1 is 1.33 bits per heavy atom. The molecular formula is C12H18. The molecule has 12 heavy (non-hydrogen) atoms. The van der Waals surface area contributed by atoms with Gasteiger partial charge in [0.1, 0.15) is 0 Å². The van der Waals surface area contributed by atoms with Crippen molar-refractivity contribution in [1.29, 1.82) is 0 Å². The third-order valence-corrected chi connectivity index (χ3v) is 1.84. The van der Waals surface area contributed by atoms with Gasteiger partial charge in [0.15, 0.2) is 0 Å². The van der Waals surface area contributed by atoms with Gasteiger partial charge in [-0.25, -0.2) is 0 Å². The molecule has 0 radical (unpaired) electrons. The lowest BCUT2D eigenvalue weighted by Gasteiger charge is -1.99. The van der Waals surface area contributed by atoms with Gasteiger partial charge in [0, 0.05) is 0 Å². The highest BCUT2D eigenvalue weighted by molar-refractivity contribution is 5.18. The first-order chi connectivity index (χ1) is 5.74. The van der Waals surface area contributed by atoms with Gasteiger partial charge in [0.25, 0.3) is 0 Å². The Morgan fingerprint density at radius 2 is 2.00 bits per heavy atom. The summed E-state index contributed by atoms with van der Waals surface area (Å²) in [5.41, 5.74) is 5.52. The van der Waals surface area contributed by atoms with Gasteiger partial charge >= 0.3 is 0 Å². The van der Waals surface area contributed by atoms with E-state index in [1.807, 2.05) is 6.92 Å². The topological polar surface area (TPSA) is 0 Å². The normalized spacial score (nSPS) is 11.8. The van der Waals surface area contributed by atoms with Gasteiger partial charge < -0.3 is 0 Å². The fraction of sp³-hybridized carbons (Fsp3) is 0.417. The van der Waals surface area contributed by atoms with Crippen LogP contribution in [0.15, 0.2) is 41.7 Å². The Morgan fingerprint density at radius 3 is 2.42 bits per heavy atom. The van der Waals surface area contributed by atoms with E-state index in [1.165, 1.54) is 11.1 Å². The molecule has 0 heterocycles. The summed E-state index contributed by atoms with van der Waals surface area (Å²) in [4.78, 5) is 0. The molecule has 0 N–H and O–H groups in total. The monoisotopic (exact) mass is 162 g/mol. The van der Waals surface area contributed by atoms with E-state index in [9.17, 15) is 0 Å². The highest BCUT2D eigenvalue weighted by Gasteiger charge is 1.91. The van der Waals surface area contributed by atoms with Crippen LogP contribution in [0.4, 0.5) is 0 Å². The average molecular weight is 162 g/mol. The SMILES string of the molecule is C=C=C(C)CCC(C=CC)=CC. The predicted molar refractivity (Wildman–Crippen MR) is 56.1 cm³/mol. The lowest BCUT2D eigenvalue weighted by Crippen LogP contribution is -1.80. The van der Waals surface area contributed by atoms with Gasteiger partial charge in [-0.15, -0.1) is 5.73 Å². The molecule has 0 aliphatic heterocycles. The summed E-state index contributed by atoms with van der Waals surface area (Å²) in [6.45, 7) is 9.79. The van der Waals surface area contributed by atoms with E-state index in [0.717, 1.165) is 12.8 Å². The molecule has 0 saturated carbocycles. The fourth-order valence-corrected chi connectivity index (χ4v) is 0.958. The highest BCUT2D eigenvalue weighted by atomic mass is 14.0. The van der Waals surface area contributed by atoms with Gasteiger partial charge in [-0.05, 0) is 39.2 Å². The maximum absolute atomic E-state index is 3.61. The zero-order valence-corrected chi connectivity index (χ0v) is 8.35. The number of rotatable bonds is 4. The highest BCUT2D eigenvalue weighted by Crippen LogP contribution is 2.11. The summed E-state index contributed by atoms with van der Waals surface area (Å²) < 4.78 is 0. The van der Waals surface area contributed by atoms with Crippen LogP contribution in [0.2, 0.25) is 0 Å². The smallest absolute Gasteiger partial charge is 0.0206 e. The largest absolute Gasteiger partial charge is 0.130 e. The molecule has 0 aromatic heterocycles. The Kier molecular flexibility index (Phi) is 6.14. The minimum absolute atomic E-state index is 1.06. The molecule has 0 heteroatoms. The van der Waals surface area contributed by atoms with Crippen LogP contribution in [-0.2, 0) is 0 Å². The lowest BCUT2D eigenvalue weighted by atomic mass is 10.1. The summed E-state index contributed by atoms with van der Waals surface area (Å²) in [5, 5.41) is 0. The predicted octanol–water partition coefficient (Wildman–Crippen LogP) is 4.02. The molecule has 0 aliphatic carbocycles. The van der Waals surface area contributed by atoms with Crippen LogP contribution in [0.5, 0.6) is 0 Å². The van der Waals surface area contributed by atoms with Crippen molar-refractivity contribution in [3.8, 4) is 0 Å². The summed E-state index contributed by atoms with van der Waals surface area (Å²) in [7, 11) is 0. The maximum atomic E-state index is 3.61. The van der Waals surface area contributed by atoms with Crippen molar-refractivity contribution < 1.29 is 0 Å². The number of hydrogen-bond donors (Lipinski definition) is 0. The minimum atomic E-state index is 1.06. The minimum Gasteiger partial charge on any atom is -0.130 e.